The molecule has 11 heteroatoms. The Kier molecular flexibility index (Phi) is 5.80. The molecular formula is C20H27N3O7S. The number of ketones is 2. The number of hydrogen-bond acceptors (Lipinski definition) is 10. The lowest BCUT2D eigenvalue weighted by atomic mass is 9.83. The normalized spacial score (nSPS) is 32.1. The first kappa shape index (κ1) is 22.1. The molecule has 4 rings (SSSR count). The highest BCUT2D eigenvalue weighted by Gasteiger charge is 2.72. The number of Topliss-reactive ketones (excluding diaryl/α,β-unsaturated/α-hetero) is 2. The van der Waals surface area contributed by atoms with Gasteiger partial charge < -0.3 is 35.3 Å². The van der Waals surface area contributed by atoms with Crippen molar-refractivity contribution in [1.29, 1.82) is 0 Å². The van der Waals surface area contributed by atoms with Crippen LogP contribution in [0.2, 0.25) is 0 Å². The molecule has 0 aromatic rings. The van der Waals surface area contributed by atoms with Crippen LogP contribution in [0.5, 0.6) is 0 Å². The van der Waals surface area contributed by atoms with Gasteiger partial charge in [-0.1, -0.05) is 6.92 Å². The molecule has 0 aromatic heterocycles. The third-order valence-electron chi connectivity index (χ3n) is 6.31. The fourth-order valence-electron chi connectivity index (χ4n) is 4.92. The Bertz CT molecular complexity index is 888. The van der Waals surface area contributed by atoms with Crippen LogP contribution in [0.3, 0.4) is 0 Å². The molecule has 3 heterocycles. The molecule has 10 nitrogen and oxygen atoms in total. The number of carbonyl (C=O) groups is 3. The first-order valence-corrected chi connectivity index (χ1v) is 11.4. The maximum absolute atomic E-state index is 13.5. The molecule has 1 amide bonds. The van der Waals surface area contributed by atoms with Crippen LogP contribution in [0.15, 0.2) is 22.6 Å². The van der Waals surface area contributed by atoms with E-state index in [4.69, 9.17) is 19.9 Å². The Morgan fingerprint density at radius 2 is 2.16 bits per heavy atom. The lowest BCUT2D eigenvalue weighted by molar-refractivity contribution is -0.137. The molecule has 1 aliphatic carbocycles. The van der Waals surface area contributed by atoms with E-state index in [-0.39, 0.29) is 53.7 Å². The highest BCUT2D eigenvalue weighted by atomic mass is 32.2. The minimum absolute atomic E-state index is 0.0823. The van der Waals surface area contributed by atoms with Gasteiger partial charge in [0, 0.05) is 36.6 Å². The number of thioether (sulfide) groups is 1. The van der Waals surface area contributed by atoms with E-state index in [1.165, 1.54) is 7.11 Å². The fourth-order valence-corrected chi connectivity index (χ4v) is 5.53. The zero-order chi connectivity index (χ0) is 22.5. The van der Waals surface area contributed by atoms with Crippen molar-refractivity contribution in [2.24, 2.45) is 11.7 Å². The lowest BCUT2D eigenvalue weighted by Gasteiger charge is -2.39. The second-order valence-electron chi connectivity index (χ2n) is 8.00. The molecule has 0 aromatic carbocycles. The summed E-state index contributed by atoms with van der Waals surface area (Å²) in [5.74, 6) is -0.271. The number of aliphatic hydroxyl groups excluding tert-OH is 1. The summed E-state index contributed by atoms with van der Waals surface area (Å²) in [5, 5.41) is 13.4. The van der Waals surface area contributed by atoms with Crippen molar-refractivity contribution in [3.8, 4) is 0 Å². The Morgan fingerprint density at radius 1 is 1.42 bits per heavy atom. The van der Waals surface area contributed by atoms with Gasteiger partial charge in [0.2, 0.25) is 11.6 Å². The number of allylic oxidation sites excluding steroid dienone is 2. The topological polar surface area (TPSA) is 150 Å². The molecule has 4 unspecified atom stereocenters. The molecule has 4 aliphatic rings. The first-order chi connectivity index (χ1) is 14.8. The largest absolute Gasteiger partial charge is 0.486 e. The van der Waals surface area contributed by atoms with Gasteiger partial charge in [-0.2, -0.15) is 11.8 Å². The van der Waals surface area contributed by atoms with Crippen molar-refractivity contribution in [3.05, 3.63) is 22.6 Å². The van der Waals surface area contributed by atoms with Crippen molar-refractivity contribution in [1.82, 2.24) is 10.2 Å². The number of nitrogens with one attached hydrogen (secondary N) is 1. The number of amides is 1. The maximum Gasteiger partial charge on any atom is 0.404 e. The second-order valence-corrected chi connectivity index (χ2v) is 9.32. The predicted octanol–water partition coefficient (Wildman–Crippen LogP) is -0.479. The standard InChI is InChI=1S/C20H27N3O7S/c1-4-31-8-10(24)6-29-17-9(2)15(25)14-13(16(17)26)11(7-30-19(21)27)20(28-3)18-12(22-18)5-23(14)20/h10-12,18,22,24H,4-8H2,1-3H3,(H2,21,27)/t10?,11?,12?,18?,20-/m1/s1. The van der Waals surface area contributed by atoms with Crippen LogP contribution in [-0.4, -0.2) is 90.0 Å². The third kappa shape index (κ3) is 3.34. The van der Waals surface area contributed by atoms with Crippen molar-refractivity contribution in [2.45, 2.75) is 37.8 Å². The Labute approximate surface area is 184 Å². The molecule has 0 bridgehead atoms. The summed E-state index contributed by atoms with van der Waals surface area (Å²) in [6.07, 6.45) is -1.74. The van der Waals surface area contributed by atoms with E-state index >= 15 is 0 Å². The van der Waals surface area contributed by atoms with E-state index in [9.17, 15) is 19.5 Å². The van der Waals surface area contributed by atoms with E-state index in [2.05, 4.69) is 5.32 Å². The smallest absolute Gasteiger partial charge is 0.404 e. The first-order valence-electron chi connectivity index (χ1n) is 10.2. The Morgan fingerprint density at radius 3 is 2.81 bits per heavy atom. The van der Waals surface area contributed by atoms with Crippen molar-refractivity contribution in [3.63, 3.8) is 0 Å². The van der Waals surface area contributed by atoms with E-state index in [0.717, 1.165) is 5.75 Å². The summed E-state index contributed by atoms with van der Waals surface area (Å²) < 4.78 is 16.6. The zero-order valence-corrected chi connectivity index (χ0v) is 18.5. The number of primary amides is 1. The van der Waals surface area contributed by atoms with Crippen LogP contribution < -0.4 is 11.1 Å². The monoisotopic (exact) mass is 453 g/mol. The molecule has 0 spiro atoms. The van der Waals surface area contributed by atoms with E-state index in [1.807, 2.05) is 11.8 Å². The van der Waals surface area contributed by atoms with E-state index in [0.29, 0.717) is 12.3 Å². The second kappa shape index (κ2) is 8.12. The average Bonchev–Trinajstić information content (AvgIpc) is 3.35. The van der Waals surface area contributed by atoms with Gasteiger partial charge in [0.25, 0.3) is 0 Å². The molecule has 5 atom stereocenters. The van der Waals surface area contributed by atoms with Gasteiger partial charge in [-0.15, -0.1) is 0 Å². The number of carbonyl (C=O) groups excluding carboxylic acids is 3. The van der Waals surface area contributed by atoms with E-state index in [1.54, 1.807) is 18.7 Å². The molecule has 4 N–H and O–H groups in total. The summed E-state index contributed by atoms with van der Waals surface area (Å²) in [4.78, 5) is 40.0. The molecule has 170 valence electrons. The molecule has 3 aliphatic heterocycles. The summed E-state index contributed by atoms with van der Waals surface area (Å²) in [6, 6.07) is 0.0175. The van der Waals surface area contributed by atoms with Gasteiger partial charge in [-0.05, 0) is 12.7 Å². The van der Waals surface area contributed by atoms with Gasteiger partial charge in [-0.3, -0.25) is 9.59 Å². The Hall–Kier alpha value is -2.08. The molecule has 31 heavy (non-hydrogen) atoms. The summed E-state index contributed by atoms with van der Waals surface area (Å²) in [5.41, 5.74) is 4.82. The SMILES string of the molecule is CCSCC(O)COC1=C(C)C(=O)C2=C(C1=O)C(COC(N)=O)[C@@]1(OC)C3NC3CN21. The van der Waals surface area contributed by atoms with Crippen LogP contribution in [0.4, 0.5) is 4.79 Å². The van der Waals surface area contributed by atoms with E-state index < -0.39 is 29.6 Å². The minimum Gasteiger partial charge on any atom is -0.486 e. The van der Waals surface area contributed by atoms with Gasteiger partial charge in [0.15, 0.2) is 11.5 Å². The van der Waals surface area contributed by atoms with Crippen LogP contribution in [0.1, 0.15) is 13.8 Å². The summed E-state index contributed by atoms with van der Waals surface area (Å²) in [6.45, 7) is 3.72. The molecule has 2 saturated heterocycles. The van der Waals surface area contributed by atoms with Crippen molar-refractivity contribution < 1.29 is 33.7 Å². The Balaban J connectivity index is 1.65. The number of aliphatic hydroxyl groups is 1. The predicted molar refractivity (Wildman–Crippen MR) is 111 cm³/mol. The number of hydrogen-bond donors (Lipinski definition) is 3. The number of piperazine rings is 1. The number of methoxy groups -OCH3 is 1. The summed E-state index contributed by atoms with van der Waals surface area (Å²) >= 11 is 1.55. The van der Waals surface area contributed by atoms with Gasteiger partial charge >= 0.3 is 6.09 Å². The fraction of sp³-hybridized carbons (Fsp3) is 0.650. The van der Waals surface area contributed by atoms with Gasteiger partial charge in [0.05, 0.1) is 23.8 Å². The number of ether oxygens (including phenoxy) is 3. The van der Waals surface area contributed by atoms with Crippen LogP contribution in [0.25, 0.3) is 0 Å². The average molecular weight is 454 g/mol. The number of nitrogens with zero attached hydrogens (tertiary/aromatic N) is 1. The number of nitrogens with two attached hydrogens (primary N) is 1. The molecular weight excluding hydrogens is 426 g/mol. The van der Waals surface area contributed by atoms with Gasteiger partial charge in [-0.25, -0.2) is 4.79 Å². The molecule has 2 fully saturated rings. The maximum atomic E-state index is 13.5. The zero-order valence-electron chi connectivity index (χ0n) is 17.7. The van der Waals surface area contributed by atoms with Crippen LogP contribution >= 0.6 is 11.8 Å². The summed E-state index contributed by atoms with van der Waals surface area (Å²) in [7, 11) is 1.51. The minimum atomic E-state index is -1.02. The quantitative estimate of drug-likeness (QED) is 0.308. The van der Waals surface area contributed by atoms with Crippen LogP contribution in [0, 0.1) is 5.92 Å². The highest BCUT2D eigenvalue weighted by Crippen LogP contribution is 2.55. The third-order valence-corrected chi connectivity index (χ3v) is 7.34. The number of fused-ring (bicyclic) bond motifs is 4. The lowest BCUT2D eigenvalue weighted by Crippen LogP contribution is -2.55. The van der Waals surface area contributed by atoms with Gasteiger partial charge in [0.1, 0.15) is 13.2 Å². The van der Waals surface area contributed by atoms with Crippen LogP contribution in [-0.2, 0) is 23.8 Å². The van der Waals surface area contributed by atoms with Crippen molar-refractivity contribution >= 4 is 29.4 Å². The molecule has 0 radical (unpaired) electrons. The van der Waals surface area contributed by atoms with Crippen molar-refractivity contribution in [2.75, 3.05) is 38.4 Å². The molecule has 0 saturated carbocycles. The number of rotatable bonds is 9. The highest BCUT2D eigenvalue weighted by molar-refractivity contribution is 7.99.